The van der Waals surface area contributed by atoms with E-state index in [-0.39, 0.29) is 5.03 Å². The first-order chi connectivity index (χ1) is 6.66. The van der Waals surface area contributed by atoms with E-state index in [2.05, 4.69) is 10.8 Å². The fraction of sp³-hybridized carbons (Fsp3) is 0.545. The summed E-state index contributed by atoms with van der Waals surface area (Å²) < 4.78 is 4.57. The summed E-state index contributed by atoms with van der Waals surface area (Å²) in [6.07, 6.45) is 6.66. The Morgan fingerprint density at radius 2 is 2.21 bits per heavy atom. The van der Waals surface area contributed by atoms with Crippen LogP contribution >= 0.6 is 11.6 Å². The molecular weight excluding hydrogens is 200 g/mol. The van der Waals surface area contributed by atoms with Crippen molar-refractivity contribution in [1.82, 2.24) is 0 Å². The van der Waals surface area contributed by atoms with Gasteiger partial charge in [0.1, 0.15) is 5.03 Å². The van der Waals surface area contributed by atoms with Crippen molar-refractivity contribution in [1.29, 1.82) is 0 Å². The molecule has 14 heavy (non-hydrogen) atoms. The molecule has 0 radical (unpaired) electrons. The van der Waals surface area contributed by atoms with E-state index in [1.165, 1.54) is 25.5 Å². The normalized spacial score (nSPS) is 18.4. The summed E-state index contributed by atoms with van der Waals surface area (Å²) >= 11 is 5.88. The minimum atomic E-state index is -0.448. The first kappa shape index (κ1) is 11.3. The van der Waals surface area contributed by atoms with Gasteiger partial charge in [-0.2, -0.15) is 0 Å². The molecule has 0 saturated carbocycles. The monoisotopic (exact) mass is 214 g/mol. The summed E-state index contributed by atoms with van der Waals surface area (Å²) in [6.45, 7) is 1.87. The predicted octanol–water partition coefficient (Wildman–Crippen LogP) is 3.17. The van der Waals surface area contributed by atoms with Gasteiger partial charge in [-0.05, 0) is 43.8 Å². The smallest absolute Gasteiger partial charge is 0.349 e. The summed E-state index contributed by atoms with van der Waals surface area (Å²) in [5.74, 6) is -0.448. The zero-order valence-electron chi connectivity index (χ0n) is 8.60. The molecule has 3 heteroatoms. The average Bonchev–Trinajstić information content (AvgIpc) is 2.27. The number of carbonyl (C=O) groups is 1. The van der Waals surface area contributed by atoms with Gasteiger partial charge in [0.15, 0.2) is 0 Å². The van der Waals surface area contributed by atoms with E-state index >= 15 is 0 Å². The number of ether oxygens (including phenoxy) is 1. The summed E-state index contributed by atoms with van der Waals surface area (Å²) in [4.78, 5) is 11.2. The Bertz CT molecular complexity index is 290. The zero-order valence-corrected chi connectivity index (χ0v) is 9.36. The van der Waals surface area contributed by atoms with E-state index in [9.17, 15) is 4.79 Å². The van der Waals surface area contributed by atoms with Gasteiger partial charge in [-0.15, -0.1) is 0 Å². The Morgan fingerprint density at radius 1 is 1.50 bits per heavy atom. The topological polar surface area (TPSA) is 26.3 Å². The lowest BCUT2D eigenvalue weighted by atomic mass is 9.94. The second kappa shape index (κ2) is 5.20. The molecule has 1 aliphatic rings. The number of rotatable bonds is 2. The molecule has 0 aliphatic heterocycles. The molecule has 1 aliphatic carbocycles. The van der Waals surface area contributed by atoms with Gasteiger partial charge in [-0.1, -0.05) is 17.7 Å². The summed E-state index contributed by atoms with van der Waals surface area (Å²) in [5.41, 5.74) is 2.05. The maximum absolute atomic E-state index is 11.2. The second-order valence-corrected chi connectivity index (χ2v) is 3.78. The van der Waals surface area contributed by atoms with Crippen molar-refractivity contribution >= 4 is 17.6 Å². The van der Waals surface area contributed by atoms with Crippen LogP contribution < -0.4 is 0 Å². The van der Waals surface area contributed by atoms with Crippen LogP contribution in [0.25, 0.3) is 0 Å². The van der Waals surface area contributed by atoms with Crippen LogP contribution in [0.2, 0.25) is 0 Å². The average molecular weight is 215 g/mol. The van der Waals surface area contributed by atoms with Gasteiger partial charge in [-0.25, -0.2) is 4.79 Å². The number of halogens is 1. The predicted molar refractivity (Wildman–Crippen MR) is 57.1 cm³/mol. The highest BCUT2D eigenvalue weighted by atomic mass is 35.5. The molecule has 0 bridgehead atoms. The molecule has 0 atom stereocenters. The van der Waals surface area contributed by atoms with Crippen LogP contribution in [0.1, 0.15) is 32.6 Å². The van der Waals surface area contributed by atoms with Crippen LogP contribution in [0.4, 0.5) is 0 Å². The fourth-order valence-electron chi connectivity index (χ4n) is 1.56. The lowest BCUT2D eigenvalue weighted by molar-refractivity contribution is -0.135. The van der Waals surface area contributed by atoms with Crippen LogP contribution in [0.15, 0.2) is 22.3 Å². The molecule has 0 aromatic heterocycles. The lowest BCUT2D eigenvalue weighted by Crippen LogP contribution is -2.04. The number of methoxy groups -OCH3 is 1. The van der Waals surface area contributed by atoms with Gasteiger partial charge in [0.2, 0.25) is 0 Å². The van der Waals surface area contributed by atoms with Crippen molar-refractivity contribution in [2.24, 2.45) is 0 Å². The molecule has 0 saturated heterocycles. The molecule has 0 aromatic carbocycles. The number of esters is 1. The Morgan fingerprint density at radius 3 is 2.71 bits per heavy atom. The largest absolute Gasteiger partial charge is 0.465 e. The Hall–Kier alpha value is -0.760. The third kappa shape index (κ3) is 2.61. The standard InChI is InChI=1S/C11H15ClO2/c1-8(10(12)11(13)14-2)9-6-4-3-5-7-9/h6H,3-5,7H2,1-2H3. The molecule has 0 aromatic rings. The maximum atomic E-state index is 11.2. The lowest BCUT2D eigenvalue weighted by Gasteiger charge is -2.14. The van der Waals surface area contributed by atoms with Gasteiger partial charge in [0, 0.05) is 0 Å². The third-order valence-corrected chi connectivity index (χ3v) is 2.90. The zero-order chi connectivity index (χ0) is 10.6. The molecule has 2 nitrogen and oxygen atoms in total. The van der Waals surface area contributed by atoms with Crippen molar-refractivity contribution in [3.8, 4) is 0 Å². The minimum Gasteiger partial charge on any atom is -0.465 e. The SMILES string of the molecule is COC(=O)C(Cl)=C(C)C1=CCCCC1. The number of carbonyl (C=O) groups excluding carboxylic acids is 1. The summed E-state index contributed by atoms with van der Waals surface area (Å²) in [6, 6.07) is 0. The number of allylic oxidation sites excluding steroid dienone is 3. The van der Waals surface area contributed by atoms with Gasteiger partial charge in [0.25, 0.3) is 0 Å². The van der Waals surface area contributed by atoms with Crippen molar-refractivity contribution in [3.05, 3.63) is 22.3 Å². The molecule has 0 unspecified atom stereocenters. The van der Waals surface area contributed by atoms with Gasteiger partial charge >= 0.3 is 5.97 Å². The van der Waals surface area contributed by atoms with Crippen LogP contribution in [0.3, 0.4) is 0 Å². The van der Waals surface area contributed by atoms with Crippen molar-refractivity contribution < 1.29 is 9.53 Å². The Kier molecular flexibility index (Phi) is 4.21. The maximum Gasteiger partial charge on any atom is 0.349 e. The second-order valence-electron chi connectivity index (χ2n) is 3.41. The third-order valence-electron chi connectivity index (χ3n) is 2.47. The van der Waals surface area contributed by atoms with E-state index in [0.29, 0.717) is 0 Å². The summed E-state index contributed by atoms with van der Waals surface area (Å²) in [5, 5.41) is 0.209. The van der Waals surface area contributed by atoms with Gasteiger partial charge in [-0.3, -0.25) is 0 Å². The quantitative estimate of drug-likeness (QED) is 0.521. The van der Waals surface area contributed by atoms with Crippen LogP contribution in [-0.4, -0.2) is 13.1 Å². The molecule has 0 spiro atoms. The van der Waals surface area contributed by atoms with E-state index in [0.717, 1.165) is 18.4 Å². The van der Waals surface area contributed by atoms with Crippen molar-refractivity contribution in [2.75, 3.05) is 7.11 Å². The van der Waals surface area contributed by atoms with E-state index in [1.807, 2.05) is 6.92 Å². The number of hydrogen-bond donors (Lipinski definition) is 0. The molecule has 1 rings (SSSR count). The highest BCUT2D eigenvalue weighted by Crippen LogP contribution is 2.27. The van der Waals surface area contributed by atoms with Crippen molar-refractivity contribution in [3.63, 3.8) is 0 Å². The van der Waals surface area contributed by atoms with Crippen molar-refractivity contribution in [2.45, 2.75) is 32.6 Å². The first-order valence-electron chi connectivity index (χ1n) is 4.81. The fourth-order valence-corrected chi connectivity index (χ4v) is 1.76. The molecule has 0 amide bonds. The van der Waals surface area contributed by atoms with E-state index in [4.69, 9.17) is 11.6 Å². The number of hydrogen-bond acceptors (Lipinski definition) is 2. The molecule has 78 valence electrons. The molecule has 0 fully saturated rings. The molecule has 0 N–H and O–H groups in total. The highest BCUT2D eigenvalue weighted by Gasteiger charge is 2.14. The molecule has 0 heterocycles. The Labute approximate surface area is 89.6 Å². The van der Waals surface area contributed by atoms with E-state index < -0.39 is 5.97 Å². The highest BCUT2D eigenvalue weighted by molar-refractivity contribution is 6.41. The van der Waals surface area contributed by atoms with Crippen LogP contribution in [-0.2, 0) is 9.53 Å². The van der Waals surface area contributed by atoms with Crippen LogP contribution in [0.5, 0.6) is 0 Å². The minimum absolute atomic E-state index is 0.209. The van der Waals surface area contributed by atoms with E-state index in [1.54, 1.807) is 0 Å². The first-order valence-corrected chi connectivity index (χ1v) is 5.18. The Balaban J connectivity index is 2.85. The van der Waals surface area contributed by atoms with Gasteiger partial charge < -0.3 is 4.74 Å². The molecular formula is C11H15ClO2. The van der Waals surface area contributed by atoms with Crippen LogP contribution in [0, 0.1) is 0 Å². The summed E-state index contributed by atoms with van der Waals surface area (Å²) in [7, 11) is 1.34. The van der Waals surface area contributed by atoms with Gasteiger partial charge in [0.05, 0.1) is 7.11 Å².